The number of rotatable bonds is 7. The number of carbonyl (C=O) groups is 1. The smallest absolute Gasteiger partial charge is 0.271 e. The van der Waals surface area contributed by atoms with Crippen LogP contribution < -0.4 is 10.1 Å². The van der Waals surface area contributed by atoms with Gasteiger partial charge in [-0.3, -0.25) is 19.5 Å². The van der Waals surface area contributed by atoms with Gasteiger partial charge in [-0.15, -0.1) is 0 Å². The summed E-state index contributed by atoms with van der Waals surface area (Å²) in [6, 6.07) is 19.5. The molecule has 4 aromatic rings. The number of para-hydroxylation sites is 3. The van der Waals surface area contributed by atoms with Gasteiger partial charge in [0.2, 0.25) is 5.91 Å². The zero-order chi connectivity index (χ0) is 22.7. The quantitative estimate of drug-likeness (QED) is 0.243. The highest BCUT2D eigenvalue weighted by Crippen LogP contribution is 2.33. The first kappa shape index (κ1) is 21.4. The number of non-ortho nitro benzene ring substituents is 1. The highest BCUT2D eigenvalue weighted by molar-refractivity contribution is 7.99. The molecule has 0 radical (unpaired) electrons. The van der Waals surface area contributed by atoms with Gasteiger partial charge in [0.05, 0.1) is 34.5 Å². The topological polar surface area (TPSA) is 99.3 Å². The molecule has 0 saturated heterocycles. The van der Waals surface area contributed by atoms with Crippen molar-refractivity contribution in [3.05, 3.63) is 82.4 Å². The fourth-order valence-electron chi connectivity index (χ4n) is 3.33. The van der Waals surface area contributed by atoms with Crippen LogP contribution in [0, 0.1) is 17.0 Å². The molecule has 4 rings (SSSR count). The molecule has 0 bridgehead atoms. The van der Waals surface area contributed by atoms with E-state index in [2.05, 4.69) is 10.3 Å². The van der Waals surface area contributed by atoms with Crippen molar-refractivity contribution < 1.29 is 14.5 Å². The molecule has 0 saturated carbocycles. The van der Waals surface area contributed by atoms with Gasteiger partial charge in [-0.25, -0.2) is 4.98 Å². The number of benzene rings is 3. The predicted octanol–water partition coefficient (Wildman–Crippen LogP) is 4.98. The minimum absolute atomic E-state index is 0.0453. The average Bonchev–Trinajstić information content (AvgIpc) is 3.16. The van der Waals surface area contributed by atoms with Gasteiger partial charge in [0.25, 0.3) is 5.69 Å². The maximum absolute atomic E-state index is 12.6. The van der Waals surface area contributed by atoms with E-state index >= 15 is 0 Å². The van der Waals surface area contributed by atoms with Crippen LogP contribution in [0.1, 0.15) is 5.56 Å². The number of amides is 1. The van der Waals surface area contributed by atoms with Gasteiger partial charge in [0, 0.05) is 17.8 Å². The number of nitrogens with zero attached hydrogens (tertiary/aromatic N) is 3. The Balaban J connectivity index is 1.70. The second kappa shape index (κ2) is 9.11. The molecule has 162 valence electrons. The second-order valence-electron chi connectivity index (χ2n) is 6.98. The summed E-state index contributed by atoms with van der Waals surface area (Å²) in [7, 11) is 1.57. The Labute approximate surface area is 188 Å². The van der Waals surface area contributed by atoms with Crippen LogP contribution >= 0.6 is 11.8 Å². The molecule has 0 unspecified atom stereocenters. The van der Waals surface area contributed by atoms with Gasteiger partial charge in [0.15, 0.2) is 5.16 Å². The van der Waals surface area contributed by atoms with E-state index in [0.29, 0.717) is 21.9 Å². The predicted molar refractivity (Wildman–Crippen MR) is 125 cm³/mol. The van der Waals surface area contributed by atoms with Crippen molar-refractivity contribution >= 4 is 40.1 Å². The van der Waals surface area contributed by atoms with Gasteiger partial charge < -0.3 is 10.1 Å². The minimum atomic E-state index is -0.454. The van der Waals surface area contributed by atoms with Crippen molar-refractivity contribution in [2.45, 2.75) is 12.1 Å². The fourth-order valence-corrected chi connectivity index (χ4v) is 4.15. The van der Waals surface area contributed by atoms with Crippen molar-refractivity contribution in [2.75, 3.05) is 18.2 Å². The Morgan fingerprint density at radius 2 is 1.91 bits per heavy atom. The molecule has 0 aliphatic heterocycles. The number of aromatic nitrogens is 2. The number of aryl methyl sites for hydroxylation is 1. The third kappa shape index (κ3) is 4.28. The summed E-state index contributed by atoms with van der Waals surface area (Å²) in [6.07, 6.45) is 0. The van der Waals surface area contributed by atoms with E-state index in [1.165, 1.54) is 23.9 Å². The Hall–Kier alpha value is -3.85. The van der Waals surface area contributed by atoms with Crippen LogP contribution in [0.3, 0.4) is 0 Å². The van der Waals surface area contributed by atoms with Crippen LogP contribution in [0.4, 0.5) is 11.4 Å². The Bertz CT molecular complexity index is 1320. The van der Waals surface area contributed by atoms with Crippen LogP contribution in [-0.2, 0) is 4.79 Å². The molecule has 0 aliphatic rings. The molecule has 1 aromatic heterocycles. The van der Waals surface area contributed by atoms with Gasteiger partial charge >= 0.3 is 0 Å². The normalized spacial score (nSPS) is 10.8. The largest absolute Gasteiger partial charge is 0.495 e. The number of methoxy groups -OCH3 is 1. The summed E-state index contributed by atoms with van der Waals surface area (Å²) < 4.78 is 7.36. The lowest BCUT2D eigenvalue weighted by atomic mass is 10.2. The number of nitro benzene ring substituents is 1. The summed E-state index contributed by atoms with van der Waals surface area (Å²) >= 11 is 1.25. The summed E-state index contributed by atoms with van der Waals surface area (Å²) in [5.41, 5.74) is 3.56. The summed E-state index contributed by atoms with van der Waals surface area (Å²) in [5.74, 6) is 0.569. The van der Waals surface area contributed by atoms with E-state index in [4.69, 9.17) is 4.74 Å². The zero-order valence-corrected chi connectivity index (χ0v) is 18.3. The monoisotopic (exact) mass is 448 g/mol. The van der Waals surface area contributed by atoms with E-state index in [1.807, 2.05) is 60.0 Å². The molecule has 1 heterocycles. The fraction of sp³-hybridized carbons (Fsp3) is 0.130. The molecular weight excluding hydrogens is 428 g/mol. The van der Waals surface area contributed by atoms with E-state index in [-0.39, 0.29) is 17.3 Å². The molecular formula is C23H20N4O4S. The number of imidazole rings is 1. The van der Waals surface area contributed by atoms with Crippen LogP contribution in [0.15, 0.2) is 71.9 Å². The first-order valence-corrected chi connectivity index (χ1v) is 10.7. The third-order valence-corrected chi connectivity index (χ3v) is 5.83. The van der Waals surface area contributed by atoms with E-state index < -0.39 is 4.92 Å². The SMILES string of the molecule is COc1ccccc1-n1c(SCC(=O)Nc2ccccc2C)nc2cc([N+](=O)[O-])ccc21. The third-order valence-electron chi connectivity index (χ3n) is 4.90. The number of carbonyl (C=O) groups excluding carboxylic acids is 1. The number of hydrogen-bond acceptors (Lipinski definition) is 6. The first-order chi connectivity index (χ1) is 15.5. The summed E-state index contributed by atoms with van der Waals surface area (Å²) in [5, 5.41) is 14.7. The molecule has 1 N–H and O–H groups in total. The number of thioether (sulfide) groups is 1. The summed E-state index contributed by atoms with van der Waals surface area (Å²) in [4.78, 5) is 27.9. The molecule has 8 nitrogen and oxygen atoms in total. The van der Waals surface area contributed by atoms with Crippen LogP contribution in [0.2, 0.25) is 0 Å². The Morgan fingerprint density at radius 1 is 1.16 bits per heavy atom. The number of ether oxygens (including phenoxy) is 1. The van der Waals surface area contributed by atoms with Gasteiger partial charge in [-0.1, -0.05) is 42.1 Å². The number of anilines is 1. The van der Waals surface area contributed by atoms with Crippen molar-refractivity contribution in [3.8, 4) is 11.4 Å². The molecule has 32 heavy (non-hydrogen) atoms. The standard InChI is InChI=1S/C23H20N4O4S/c1-15-7-3-4-8-17(15)24-22(28)14-32-23-25-18-13-16(27(29)30)11-12-19(18)26(23)20-9-5-6-10-21(20)31-2/h3-13H,14H2,1-2H3,(H,24,28). The molecule has 3 aromatic carbocycles. The molecule has 9 heteroatoms. The summed E-state index contributed by atoms with van der Waals surface area (Å²) in [6.45, 7) is 1.93. The minimum Gasteiger partial charge on any atom is -0.495 e. The number of hydrogen-bond donors (Lipinski definition) is 1. The van der Waals surface area contributed by atoms with Gasteiger partial charge in [-0.05, 0) is 36.8 Å². The van der Waals surface area contributed by atoms with E-state index in [0.717, 1.165) is 16.9 Å². The number of nitrogens with one attached hydrogen (secondary N) is 1. The molecule has 0 atom stereocenters. The lowest BCUT2D eigenvalue weighted by Crippen LogP contribution is -2.15. The maximum Gasteiger partial charge on any atom is 0.271 e. The van der Waals surface area contributed by atoms with Crippen LogP contribution in [0.25, 0.3) is 16.7 Å². The Morgan fingerprint density at radius 3 is 2.66 bits per heavy atom. The first-order valence-electron chi connectivity index (χ1n) is 9.76. The van der Waals surface area contributed by atoms with E-state index in [1.54, 1.807) is 13.2 Å². The zero-order valence-electron chi connectivity index (χ0n) is 17.4. The highest BCUT2D eigenvalue weighted by Gasteiger charge is 2.19. The van der Waals surface area contributed by atoms with Crippen LogP contribution in [-0.4, -0.2) is 33.2 Å². The highest BCUT2D eigenvalue weighted by atomic mass is 32.2. The van der Waals surface area contributed by atoms with E-state index in [9.17, 15) is 14.9 Å². The van der Waals surface area contributed by atoms with Crippen molar-refractivity contribution in [2.24, 2.45) is 0 Å². The Kier molecular flexibility index (Phi) is 6.09. The second-order valence-corrected chi connectivity index (χ2v) is 7.93. The molecule has 0 spiro atoms. The molecule has 1 amide bonds. The lowest BCUT2D eigenvalue weighted by molar-refractivity contribution is -0.384. The van der Waals surface area contributed by atoms with Crippen LogP contribution in [0.5, 0.6) is 5.75 Å². The lowest BCUT2D eigenvalue weighted by Gasteiger charge is -2.13. The van der Waals surface area contributed by atoms with Gasteiger partial charge in [-0.2, -0.15) is 0 Å². The maximum atomic E-state index is 12.6. The molecule has 0 fully saturated rings. The van der Waals surface area contributed by atoms with Crippen molar-refractivity contribution in [1.29, 1.82) is 0 Å². The van der Waals surface area contributed by atoms with Gasteiger partial charge in [0.1, 0.15) is 5.75 Å². The average molecular weight is 449 g/mol. The van der Waals surface area contributed by atoms with Crippen molar-refractivity contribution in [3.63, 3.8) is 0 Å². The molecule has 0 aliphatic carbocycles. The van der Waals surface area contributed by atoms with Crippen molar-refractivity contribution in [1.82, 2.24) is 9.55 Å². The number of fused-ring (bicyclic) bond motifs is 1. The number of nitro groups is 1.